The number of nitrogens with zero attached hydrogens (tertiary/aromatic N) is 1. The summed E-state index contributed by atoms with van der Waals surface area (Å²) in [6.45, 7) is 2.40. The van der Waals surface area contributed by atoms with Crippen LogP contribution in [-0.2, 0) is 28.8 Å². The molecule has 7 heteroatoms. The molecule has 5 nitrogen and oxygen atoms in total. The molecular weight excluding hydrogens is 322 g/mol. The Balaban J connectivity index is 0.00000242. The van der Waals surface area contributed by atoms with E-state index >= 15 is 0 Å². The Kier molecular flexibility index (Phi) is 9.63. The fourth-order valence-corrected chi connectivity index (χ4v) is 3.62. The first-order valence-corrected chi connectivity index (χ1v) is 8.55. The van der Waals surface area contributed by atoms with E-state index in [-0.39, 0.29) is 18.3 Å². The molecule has 0 saturated carbocycles. The van der Waals surface area contributed by atoms with E-state index in [9.17, 15) is 4.79 Å². The molecule has 2 N–H and O–H groups in total. The molecule has 1 aromatic heterocycles. The molecule has 0 saturated heterocycles. The minimum atomic E-state index is 0. The molecule has 1 heterocycles. The average molecular weight is 348 g/mol. The summed E-state index contributed by atoms with van der Waals surface area (Å²) in [5.74, 6) is 0.0459. The molecule has 0 radical (unpaired) electrons. The number of carbonyl (C=O) groups is 1. The number of carbonyl (C=O) groups excluding carboxylic acids is 1. The lowest BCUT2D eigenvalue weighted by Gasteiger charge is -2.06. The van der Waals surface area contributed by atoms with Gasteiger partial charge in [-0.1, -0.05) is 0 Å². The van der Waals surface area contributed by atoms with Crippen molar-refractivity contribution in [1.29, 1.82) is 0 Å². The number of ether oxygens (including phenoxy) is 1. The zero-order valence-corrected chi connectivity index (χ0v) is 14.8. The molecule has 0 bridgehead atoms. The Morgan fingerprint density at radius 1 is 1.32 bits per heavy atom. The molecule has 0 aliphatic heterocycles. The van der Waals surface area contributed by atoms with Crippen LogP contribution in [0.15, 0.2) is 0 Å². The van der Waals surface area contributed by atoms with Gasteiger partial charge in [0.15, 0.2) is 0 Å². The van der Waals surface area contributed by atoms with E-state index in [1.54, 1.807) is 7.11 Å². The van der Waals surface area contributed by atoms with Crippen LogP contribution in [0.2, 0.25) is 0 Å². The van der Waals surface area contributed by atoms with Crippen molar-refractivity contribution in [2.45, 2.75) is 38.5 Å². The van der Waals surface area contributed by atoms with Crippen LogP contribution in [0.5, 0.6) is 0 Å². The van der Waals surface area contributed by atoms with Gasteiger partial charge >= 0.3 is 0 Å². The largest absolute Gasteiger partial charge is 0.383 e. The topological polar surface area (TPSA) is 63.2 Å². The number of fused-ring (bicyclic) bond motifs is 1. The van der Waals surface area contributed by atoms with Crippen molar-refractivity contribution < 1.29 is 9.53 Å². The van der Waals surface area contributed by atoms with Crippen LogP contribution in [0.3, 0.4) is 0 Å². The number of methoxy groups -OCH3 is 1. The van der Waals surface area contributed by atoms with Crippen molar-refractivity contribution in [2.75, 3.05) is 33.4 Å². The standard InChI is InChI=1S/C15H25N3O2S.ClH/c1-20-10-9-16-11-14(19)17-8-4-7-15-18-12-5-2-3-6-13(12)21-15;/h16H,2-11H2,1H3,(H,17,19);1H. The second-order valence-corrected chi connectivity index (χ2v) is 6.48. The SMILES string of the molecule is COCCNCC(=O)NCCCc1nc2c(s1)CCCC2.Cl. The quantitative estimate of drug-likeness (QED) is 0.668. The number of hydrogen-bond donors (Lipinski definition) is 2. The van der Waals surface area contributed by atoms with E-state index in [1.165, 1.54) is 34.8 Å². The molecule has 2 rings (SSSR count). The minimum Gasteiger partial charge on any atom is -0.383 e. The third-order valence-electron chi connectivity index (χ3n) is 3.55. The number of amides is 1. The van der Waals surface area contributed by atoms with Crippen molar-refractivity contribution in [2.24, 2.45) is 0 Å². The number of halogens is 1. The average Bonchev–Trinajstić information content (AvgIpc) is 2.91. The summed E-state index contributed by atoms with van der Waals surface area (Å²) in [4.78, 5) is 17.8. The zero-order chi connectivity index (χ0) is 14.9. The minimum absolute atomic E-state index is 0. The van der Waals surface area contributed by atoms with Crippen molar-refractivity contribution in [3.05, 3.63) is 15.6 Å². The molecule has 1 aromatic rings. The van der Waals surface area contributed by atoms with Crippen LogP contribution in [0.25, 0.3) is 0 Å². The molecule has 1 aliphatic rings. The van der Waals surface area contributed by atoms with Crippen molar-refractivity contribution in [3.8, 4) is 0 Å². The number of rotatable bonds is 9. The summed E-state index contributed by atoms with van der Waals surface area (Å²) in [6.07, 6.45) is 6.86. The van der Waals surface area contributed by atoms with E-state index in [0.29, 0.717) is 19.7 Å². The van der Waals surface area contributed by atoms with Gasteiger partial charge in [0.05, 0.1) is 23.9 Å². The van der Waals surface area contributed by atoms with Crippen molar-refractivity contribution in [1.82, 2.24) is 15.6 Å². The van der Waals surface area contributed by atoms with Crippen LogP contribution in [0, 0.1) is 0 Å². The van der Waals surface area contributed by atoms with Gasteiger partial charge in [0.2, 0.25) is 5.91 Å². The van der Waals surface area contributed by atoms with E-state index in [2.05, 4.69) is 10.6 Å². The number of hydrogen-bond acceptors (Lipinski definition) is 5. The number of aryl methyl sites for hydroxylation is 3. The number of nitrogens with one attached hydrogen (secondary N) is 2. The van der Waals surface area contributed by atoms with Gasteiger partial charge in [-0.3, -0.25) is 4.79 Å². The number of thiazole rings is 1. The van der Waals surface area contributed by atoms with Crippen molar-refractivity contribution in [3.63, 3.8) is 0 Å². The van der Waals surface area contributed by atoms with Crippen LogP contribution in [-0.4, -0.2) is 44.2 Å². The third-order valence-corrected chi connectivity index (χ3v) is 4.77. The summed E-state index contributed by atoms with van der Waals surface area (Å²) >= 11 is 1.86. The lowest BCUT2D eigenvalue weighted by molar-refractivity contribution is -0.120. The maximum absolute atomic E-state index is 11.5. The highest BCUT2D eigenvalue weighted by molar-refractivity contribution is 7.11. The van der Waals surface area contributed by atoms with Crippen LogP contribution >= 0.6 is 23.7 Å². The van der Waals surface area contributed by atoms with Gasteiger partial charge in [-0.25, -0.2) is 4.98 Å². The highest BCUT2D eigenvalue weighted by Gasteiger charge is 2.14. The molecule has 1 amide bonds. The van der Waals surface area contributed by atoms with Gasteiger partial charge in [0.1, 0.15) is 0 Å². The van der Waals surface area contributed by atoms with Crippen molar-refractivity contribution >= 4 is 29.7 Å². The van der Waals surface area contributed by atoms with Crippen LogP contribution < -0.4 is 10.6 Å². The first-order valence-electron chi connectivity index (χ1n) is 7.73. The highest BCUT2D eigenvalue weighted by atomic mass is 35.5. The van der Waals surface area contributed by atoms with E-state index < -0.39 is 0 Å². The molecule has 126 valence electrons. The second kappa shape index (κ2) is 10.9. The monoisotopic (exact) mass is 347 g/mol. The molecule has 0 unspecified atom stereocenters. The van der Waals surface area contributed by atoms with Gasteiger partial charge in [-0.2, -0.15) is 0 Å². The fraction of sp³-hybridized carbons (Fsp3) is 0.733. The Labute approximate surface area is 142 Å². The number of aromatic nitrogens is 1. The Bertz CT molecular complexity index is 430. The van der Waals surface area contributed by atoms with Gasteiger partial charge in [-0.05, 0) is 32.1 Å². The maximum atomic E-state index is 11.5. The van der Waals surface area contributed by atoms with Gasteiger partial charge in [0.25, 0.3) is 0 Å². The van der Waals surface area contributed by atoms with Gasteiger partial charge < -0.3 is 15.4 Å². The fourth-order valence-electron chi connectivity index (χ4n) is 2.42. The second-order valence-electron chi connectivity index (χ2n) is 5.31. The molecule has 0 fully saturated rings. The lowest BCUT2D eigenvalue weighted by atomic mass is 10.0. The first kappa shape index (κ1) is 19.4. The van der Waals surface area contributed by atoms with Gasteiger partial charge in [0, 0.05) is 31.5 Å². The Morgan fingerprint density at radius 3 is 2.91 bits per heavy atom. The Morgan fingerprint density at radius 2 is 2.14 bits per heavy atom. The summed E-state index contributed by atoms with van der Waals surface area (Å²) < 4.78 is 4.91. The Hall–Kier alpha value is -0.690. The summed E-state index contributed by atoms with van der Waals surface area (Å²) in [5, 5.41) is 7.19. The maximum Gasteiger partial charge on any atom is 0.233 e. The first-order chi connectivity index (χ1) is 10.3. The molecule has 1 aliphatic carbocycles. The van der Waals surface area contributed by atoms with Crippen LogP contribution in [0.4, 0.5) is 0 Å². The molecular formula is C15H26ClN3O2S. The van der Waals surface area contributed by atoms with E-state index in [0.717, 1.165) is 25.8 Å². The smallest absolute Gasteiger partial charge is 0.233 e. The van der Waals surface area contributed by atoms with Crippen LogP contribution in [0.1, 0.15) is 34.8 Å². The molecule has 22 heavy (non-hydrogen) atoms. The predicted molar refractivity (Wildman–Crippen MR) is 92.1 cm³/mol. The van der Waals surface area contributed by atoms with E-state index in [4.69, 9.17) is 9.72 Å². The summed E-state index contributed by atoms with van der Waals surface area (Å²) in [5.41, 5.74) is 1.33. The van der Waals surface area contributed by atoms with Gasteiger partial charge in [-0.15, -0.1) is 23.7 Å². The summed E-state index contributed by atoms with van der Waals surface area (Å²) in [7, 11) is 1.65. The lowest BCUT2D eigenvalue weighted by Crippen LogP contribution is -2.35. The van der Waals surface area contributed by atoms with E-state index in [1.807, 2.05) is 11.3 Å². The predicted octanol–water partition coefficient (Wildman–Crippen LogP) is 1.73. The summed E-state index contributed by atoms with van der Waals surface area (Å²) in [6, 6.07) is 0. The third kappa shape index (κ3) is 6.60. The molecule has 0 spiro atoms. The zero-order valence-electron chi connectivity index (χ0n) is 13.2. The molecule has 0 atom stereocenters. The highest BCUT2D eigenvalue weighted by Crippen LogP contribution is 2.27. The normalized spacial score (nSPS) is 13.3. The molecule has 0 aromatic carbocycles.